The normalized spacial score (nSPS) is 11.2. The lowest BCUT2D eigenvalue weighted by molar-refractivity contribution is 0.323. The average molecular weight is 328 g/mol. The van der Waals surface area contributed by atoms with Crippen LogP contribution in [-0.4, -0.2) is 31.3 Å². The molecule has 0 radical (unpaired) electrons. The van der Waals surface area contributed by atoms with Gasteiger partial charge in [-0.2, -0.15) is 4.98 Å². The van der Waals surface area contributed by atoms with E-state index in [0.29, 0.717) is 22.8 Å². The Morgan fingerprint density at radius 3 is 2.17 bits per heavy atom. The Bertz CT molecular complexity index is 771. The fourth-order valence-electron chi connectivity index (χ4n) is 2.13. The van der Waals surface area contributed by atoms with E-state index >= 15 is 0 Å². The van der Waals surface area contributed by atoms with E-state index in [9.17, 15) is 0 Å². The molecule has 0 saturated carbocycles. The van der Waals surface area contributed by atoms with E-state index in [1.807, 2.05) is 19.1 Å². The summed E-state index contributed by atoms with van der Waals surface area (Å²) in [6.07, 6.45) is 1.51. The summed E-state index contributed by atoms with van der Waals surface area (Å²) in [4.78, 5) is 7.78. The number of ether oxygens (including phenoxy) is 3. The lowest BCUT2D eigenvalue weighted by Gasteiger charge is -2.15. The van der Waals surface area contributed by atoms with Crippen molar-refractivity contribution in [3.05, 3.63) is 29.5 Å². The molecule has 0 aliphatic rings. The number of nitrogens with two attached hydrogens (primary N) is 2. The maximum Gasteiger partial charge on any atom is 0.221 e. The Balaban J connectivity index is 2.37. The van der Waals surface area contributed by atoms with E-state index in [4.69, 9.17) is 25.7 Å². The van der Waals surface area contributed by atoms with Crippen LogP contribution in [0, 0.1) is 11.8 Å². The molecular formula is C17H20N4O3. The summed E-state index contributed by atoms with van der Waals surface area (Å²) < 4.78 is 16.0. The molecule has 0 bridgehead atoms. The molecule has 0 amide bonds. The van der Waals surface area contributed by atoms with E-state index in [1.54, 1.807) is 21.3 Å². The summed E-state index contributed by atoms with van der Waals surface area (Å²) in [5, 5.41) is 0. The van der Waals surface area contributed by atoms with Gasteiger partial charge in [-0.25, -0.2) is 4.98 Å². The van der Waals surface area contributed by atoms with Crippen LogP contribution in [0.1, 0.15) is 24.0 Å². The minimum Gasteiger partial charge on any atom is -0.493 e. The van der Waals surface area contributed by atoms with Crippen molar-refractivity contribution in [3.63, 3.8) is 0 Å². The first-order valence-electron chi connectivity index (χ1n) is 7.19. The summed E-state index contributed by atoms with van der Waals surface area (Å²) in [5.74, 6) is 8.06. The standard InChI is InChI=1S/C17H20N4O3/c1-10(5-6-11-9-20-17(19)21-16(11)18)12-7-13(22-2)15(24-4)14(8-12)23-3/h7-10H,1-4H3,(H4,18,19,20,21). The Morgan fingerprint density at radius 2 is 1.67 bits per heavy atom. The minimum atomic E-state index is -0.101. The maximum atomic E-state index is 5.79. The van der Waals surface area contributed by atoms with Gasteiger partial charge in [0.1, 0.15) is 5.82 Å². The van der Waals surface area contributed by atoms with Gasteiger partial charge in [0.25, 0.3) is 0 Å². The highest BCUT2D eigenvalue weighted by atomic mass is 16.5. The van der Waals surface area contributed by atoms with E-state index in [-0.39, 0.29) is 17.7 Å². The molecule has 1 aromatic carbocycles. The second kappa shape index (κ2) is 7.42. The van der Waals surface area contributed by atoms with Crippen molar-refractivity contribution in [1.29, 1.82) is 0 Å². The highest BCUT2D eigenvalue weighted by Crippen LogP contribution is 2.39. The predicted molar refractivity (Wildman–Crippen MR) is 92.2 cm³/mol. The zero-order valence-corrected chi connectivity index (χ0v) is 14.1. The van der Waals surface area contributed by atoms with Crippen LogP contribution in [0.25, 0.3) is 0 Å². The highest BCUT2D eigenvalue weighted by Gasteiger charge is 2.15. The molecule has 0 saturated heterocycles. The second-order valence-corrected chi connectivity index (χ2v) is 4.98. The van der Waals surface area contributed by atoms with E-state index in [0.717, 1.165) is 5.56 Å². The summed E-state index contributed by atoms with van der Waals surface area (Å²) in [6, 6.07) is 3.73. The van der Waals surface area contributed by atoms with Crippen molar-refractivity contribution in [1.82, 2.24) is 9.97 Å². The maximum absolute atomic E-state index is 5.79. The van der Waals surface area contributed by atoms with Gasteiger partial charge in [0.2, 0.25) is 11.7 Å². The third kappa shape index (κ3) is 3.60. The molecule has 126 valence electrons. The largest absolute Gasteiger partial charge is 0.493 e. The van der Waals surface area contributed by atoms with Crippen molar-refractivity contribution >= 4 is 11.8 Å². The van der Waals surface area contributed by atoms with Gasteiger partial charge in [-0.3, -0.25) is 0 Å². The van der Waals surface area contributed by atoms with Crippen LogP contribution < -0.4 is 25.7 Å². The van der Waals surface area contributed by atoms with Crippen LogP contribution in [-0.2, 0) is 0 Å². The van der Waals surface area contributed by atoms with Crippen LogP contribution >= 0.6 is 0 Å². The molecule has 24 heavy (non-hydrogen) atoms. The molecule has 7 heteroatoms. The van der Waals surface area contributed by atoms with Gasteiger partial charge in [0.05, 0.1) is 33.1 Å². The zero-order valence-electron chi connectivity index (χ0n) is 14.1. The highest BCUT2D eigenvalue weighted by molar-refractivity contribution is 5.56. The van der Waals surface area contributed by atoms with Crippen molar-refractivity contribution < 1.29 is 14.2 Å². The van der Waals surface area contributed by atoms with Gasteiger partial charge >= 0.3 is 0 Å². The van der Waals surface area contributed by atoms with E-state index in [2.05, 4.69) is 21.8 Å². The number of aromatic nitrogens is 2. The smallest absolute Gasteiger partial charge is 0.221 e. The molecule has 0 aliphatic heterocycles. The number of rotatable bonds is 4. The molecule has 1 atom stereocenters. The molecule has 4 N–H and O–H groups in total. The first-order valence-corrected chi connectivity index (χ1v) is 7.19. The number of hydrogen-bond donors (Lipinski definition) is 2. The van der Waals surface area contributed by atoms with Crippen LogP contribution in [0.3, 0.4) is 0 Å². The molecule has 1 aromatic heterocycles. The average Bonchev–Trinajstić information content (AvgIpc) is 2.59. The van der Waals surface area contributed by atoms with Crippen molar-refractivity contribution in [3.8, 4) is 29.1 Å². The number of hydrogen-bond acceptors (Lipinski definition) is 7. The first kappa shape index (κ1) is 17.2. The monoisotopic (exact) mass is 328 g/mol. The van der Waals surface area contributed by atoms with Crippen LogP contribution in [0.2, 0.25) is 0 Å². The fourth-order valence-corrected chi connectivity index (χ4v) is 2.13. The molecule has 2 aromatic rings. The molecule has 1 heterocycles. The molecule has 2 rings (SSSR count). The Kier molecular flexibility index (Phi) is 5.32. The van der Waals surface area contributed by atoms with Crippen LogP contribution in [0.15, 0.2) is 18.3 Å². The predicted octanol–water partition coefficient (Wildman–Crippen LogP) is 1.82. The summed E-state index contributed by atoms with van der Waals surface area (Å²) in [6.45, 7) is 1.96. The van der Waals surface area contributed by atoms with Crippen molar-refractivity contribution in [2.75, 3.05) is 32.8 Å². The summed E-state index contributed by atoms with van der Waals surface area (Å²) >= 11 is 0. The second-order valence-electron chi connectivity index (χ2n) is 4.98. The third-order valence-corrected chi connectivity index (χ3v) is 3.45. The van der Waals surface area contributed by atoms with Crippen molar-refractivity contribution in [2.24, 2.45) is 0 Å². The van der Waals surface area contributed by atoms with Gasteiger partial charge in [0.15, 0.2) is 11.5 Å². The molecular weight excluding hydrogens is 308 g/mol. The molecule has 0 spiro atoms. The minimum absolute atomic E-state index is 0.101. The quantitative estimate of drug-likeness (QED) is 0.825. The number of benzene rings is 1. The van der Waals surface area contributed by atoms with Gasteiger partial charge in [-0.05, 0) is 24.6 Å². The van der Waals surface area contributed by atoms with Crippen LogP contribution in [0.5, 0.6) is 17.2 Å². The van der Waals surface area contributed by atoms with Crippen LogP contribution in [0.4, 0.5) is 11.8 Å². The number of methoxy groups -OCH3 is 3. The van der Waals surface area contributed by atoms with Gasteiger partial charge in [-0.15, -0.1) is 0 Å². The van der Waals surface area contributed by atoms with E-state index < -0.39 is 0 Å². The van der Waals surface area contributed by atoms with Gasteiger partial charge in [0, 0.05) is 5.92 Å². The summed E-state index contributed by atoms with van der Waals surface area (Å²) in [5.41, 5.74) is 12.7. The lowest BCUT2D eigenvalue weighted by atomic mass is 10.00. The topological polar surface area (TPSA) is 106 Å². The van der Waals surface area contributed by atoms with Crippen molar-refractivity contribution in [2.45, 2.75) is 12.8 Å². The number of anilines is 2. The Hall–Kier alpha value is -3.14. The number of nitrogens with zero attached hydrogens (tertiary/aromatic N) is 2. The third-order valence-electron chi connectivity index (χ3n) is 3.45. The fraction of sp³-hybridized carbons (Fsp3) is 0.294. The molecule has 0 aliphatic carbocycles. The SMILES string of the molecule is COc1cc(C(C)C#Cc2cnc(N)nc2N)cc(OC)c1OC. The van der Waals surface area contributed by atoms with E-state index in [1.165, 1.54) is 6.20 Å². The first-order chi connectivity index (χ1) is 11.5. The molecule has 1 unspecified atom stereocenters. The summed E-state index contributed by atoms with van der Waals surface area (Å²) in [7, 11) is 4.71. The molecule has 0 fully saturated rings. The Labute approximate surface area is 141 Å². The molecule has 7 nitrogen and oxygen atoms in total. The van der Waals surface area contributed by atoms with Gasteiger partial charge in [-0.1, -0.05) is 11.8 Å². The Morgan fingerprint density at radius 1 is 1.04 bits per heavy atom. The lowest BCUT2D eigenvalue weighted by Crippen LogP contribution is -2.01. The zero-order chi connectivity index (χ0) is 17.7. The van der Waals surface area contributed by atoms with Gasteiger partial charge < -0.3 is 25.7 Å². The number of nitrogen functional groups attached to an aromatic ring is 2.